The third-order valence-corrected chi connectivity index (χ3v) is 2.32. The molecule has 1 aromatic carbocycles. The van der Waals surface area contributed by atoms with Crippen LogP contribution >= 0.6 is 0 Å². The van der Waals surface area contributed by atoms with Crippen molar-refractivity contribution in [2.45, 2.75) is 19.9 Å². The molecule has 2 rings (SSSR count). The number of benzene rings is 1. The molecule has 0 unspecified atom stereocenters. The fourth-order valence-electron chi connectivity index (χ4n) is 1.44. The van der Waals surface area contributed by atoms with Crippen LogP contribution in [0.2, 0.25) is 0 Å². The van der Waals surface area contributed by atoms with E-state index < -0.39 is 0 Å². The first-order chi connectivity index (χ1) is 8.38. The van der Waals surface area contributed by atoms with E-state index in [1.807, 2.05) is 18.2 Å². The van der Waals surface area contributed by atoms with Crippen molar-refractivity contribution in [2.75, 3.05) is 17.2 Å². The minimum atomic E-state index is 0.618. The average molecular weight is 231 g/mol. The molecule has 0 aliphatic heterocycles. The number of rotatable bonds is 6. The Balaban J connectivity index is 1.85. The normalized spacial score (nSPS) is 10.2. The van der Waals surface area contributed by atoms with E-state index in [1.165, 1.54) is 5.56 Å². The number of anilines is 2. The van der Waals surface area contributed by atoms with Crippen LogP contribution in [-0.4, -0.2) is 21.7 Å². The van der Waals surface area contributed by atoms with Gasteiger partial charge in [0.15, 0.2) is 0 Å². The van der Waals surface area contributed by atoms with Crippen LogP contribution in [0.4, 0.5) is 11.9 Å². The van der Waals surface area contributed by atoms with E-state index in [4.69, 9.17) is 0 Å². The highest BCUT2D eigenvalue weighted by Crippen LogP contribution is 2.06. The summed E-state index contributed by atoms with van der Waals surface area (Å²) in [5.74, 6) is 1.33. The third-order valence-electron chi connectivity index (χ3n) is 2.32. The van der Waals surface area contributed by atoms with Gasteiger partial charge < -0.3 is 10.6 Å². The molecule has 0 saturated heterocycles. The molecule has 5 heteroatoms. The van der Waals surface area contributed by atoms with Gasteiger partial charge in [0, 0.05) is 13.1 Å². The lowest BCUT2D eigenvalue weighted by molar-refractivity contribution is 0.954. The summed E-state index contributed by atoms with van der Waals surface area (Å²) in [6, 6.07) is 10.2. The van der Waals surface area contributed by atoms with Crippen LogP contribution in [0.15, 0.2) is 30.3 Å². The van der Waals surface area contributed by atoms with Crippen LogP contribution in [0.5, 0.6) is 0 Å². The Morgan fingerprint density at radius 3 is 2.76 bits per heavy atom. The van der Waals surface area contributed by atoms with Crippen molar-refractivity contribution in [3.63, 3.8) is 0 Å². The maximum Gasteiger partial charge on any atom is 0.243 e. The molecular weight excluding hydrogens is 214 g/mol. The van der Waals surface area contributed by atoms with Crippen molar-refractivity contribution in [1.82, 2.24) is 15.2 Å². The highest BCUT2D eigenvalue weighted by atomic mass is 15.3. The van der Waals surface area contributed by atoms with Crippen molar-refractivity contribution in [3.8, 4) is 0 Å². The second-order valence-electron chi connectivity index (χ2n) is 3.77. The predicted octanol–water partition coefficient (Wildman–Crippen LogP) is 2.24. The van der Waals surface area contributed by atoms with Crippen molar-refractivity contribution < 1.29 is 0 Å². The monoisotopic (exact) mass is 231 g/mol. The summed E-state index contributed by atoms with van der Waals surface area (Å²) in [6.45, 7) is 3.73. The second kappa shape index (κ2) is 5.89. The van der Waals surface area contributed by atoms with Gasteiger partial charge in [0.1, 0.15) is 0 Å². The van der Waals surface area contributed by atoms with Crippen LogP contribution in [0.25, 0.3) is 0 Å². The summed E-state index contributed by atoms with van der Waals surface area (Å²) < 4.78 is 0. The van der Waals surface area contributed by atoms with Crippen molar-refractivity contribution >= 4 is 11.9 Å². The van der Waals surface area contributed by atoms with E-state index in [9.17, 15) is 0 Å². The Bertz CT molecular complexity index is 437. The average Bonchev–Trinajstić information content (AvgIpc) is 2.83. The second-order valence-corrected chi connectivity index (χ2v) is 3.77. The van der Waals surface area contributed by atoms with Crippen LogP contribution in [0.1, 0.15) is 18.9 Å². The number of hydrogen-bond acceptors (Lipinski definition) is 4. The first-order valence-electron chi connectivity index (χ1n) is 5.82. The minimum Gasteiger partial charge on any atom is -0.355 e. The Morgan fingerprint density at radius 2 is 2.00 bits per heavy atom. The van der Waals surface area contributed by atoms with E-state index in [-0.39, 0.29) is 0 Å². The highest BCUT2D eigenvalue weighted by Gasteiger charge is 2.01. The molecule has 0 aliphatic rings. The van der Waals surface area contributed by atoms with Gasteiger partial charge in [-0.15, -0.1) is 5.10 Å². The summed E-state index contributed by atoms with van der Waals surface area (Å²) in [5, 5.41) is 13.2. The summed E-state index contributed by atoms with van der Waals surface area (Å²) in [4.78, 5) is 4.27. The largest absolute Gasteiger partial charge is 0.355 e. The van der Waals surface area contributed by atoms with Crippen molar-refractivity contribution in [1.29, 1.82) is 0 Å². The summed E-state index contributed by atoms with van der Waals surface area (Å²) in [6.07, 6.45) is 1.06. The molecule has 0 atom stereocenters. The number of nitrogens with zero attached hydrogens (tertiary/aromatic N) is 2. The lowest BCUT2D eigenvalue weighted by Crippen LogP contribution is -2.02. The summed E-state index contributed by atoms with van der Waals surface area (Å²) in [5.41, 5.74) is 1.21. The Labute approximate surface area is 101 Å². The van der Waals surface area contributed by atoms with E-state index in [1.54, 1.807) is 0 Å². The molecule has 17 heavy (non-hydrogen) atoms. The Kier molecular flexibility index (Phi) is 3.96. The molecule has 0 radical (unpaired) electrons. The molecule has 0 aliphatic carbocycles. The molecule has 3 N–H and O–H groups in total. The number of aromatic amines is 1. The quantitative estimate of drug-likeness (QED) is 0.713. The minimum absolute atomic E-state index is 0.618. The van der Waals surface area contributed by atoms with E-state index in [0.29, 0.717) is 11.9 Å². The predicted molar refractivity (Wildman–Crippen MR) is 68.9 cm³/mol. The molecule has 0 fully saturated rings. The lowest BCUT2D eigenvalue weighted by Gasteiger charge is -2.01. The molecule has 5 nitrogen and oxygen atoms in total. The molecule has 90 valence electrons. The SMILES string of the molecule is CCCNc1nc(NCc2ccccc2)n[nH]1. The van der Waals surface area contributed by atoms with Crippen LogP contribution in [0, 0.1) is 0 Å². The first-order valence-corrected chi connectivity index (χ1v) is 5.82. The van der Waals surface area contributed by atoms with Gasteiger partial charge in [0.05, 0.1) is 0 Å². The van der Waals surface area contributed by atoms with Gasteiger partial charge in [0.2, 0.25) is 11.9 Å². The fraction of sp³-hybridized carbons (Fsp3) is 0.333. The van der Waals surface area contributed by atoms with Crippen LogP contribution in [-0.2, 0) is 6.54 Å². The van der Waals surface area contributed by atoms with Gasteiger partial charge >= 0.3 is 0 Å². The third kappa shape index (κ3) is 3.48. The van der Waals surface area contributed by atoms with Gasteiger partial charge in [-0.1, -0.05) is 37.3 Å². The molecular formula is C12H17N5. The maximum atomic E-state index is 4.27. The molecule has 0 saturated carbocycles. The maximum absolute atomic E-state index is 4.27. The van der Waals surface area contributed by atoms with Crippen LogP contribution in [0.3, 0.4) is 0 Å². The first kappa shape index (κ1) is 11.4. The standard InChI is InChI=1S/C12H17N5/c1-2-8-13-11-15-12(17-16-11)14-9-10-6-4-3-5-7-10/h3-7H,2,8-9H2,1H3,(H3,13,14,15,16,17). The van der Waals surface area contributed by atoms with Crippen molar-refractivity contribution in [2.24, 2.45) is 0 Å². The zero-order valence-electron chi connectivity index (χ0n) is 9.90. The molecule has 0 bridgehead atoms. The number of aromatic nitrogens is 3. The molecule has 1 aromatic heterocycles. The smallest absolute Gasteiger partial charge is 0.243 e. The molecule has 1 heterocycles. The summed E-state index contributed by atoms with van der Waals surface area (Å²) >= 11 is 0. The topological polar surface area (TPSA) is 65.6 Å². The van der Waals surface area contributed by atoms with Gasteiger partial charge in [-0.05, 0) is 12.0 Å². The molecule has 0 amide bonds. The van der Waals surface area contributed by atoms with Gasteiger partial charge in [-0.25, -0.2) is 5.10 Å². The zero-order chi connectivity index (χ0) is 11.9. The Morgan fingerprint density at radius 1 is 1.18 bits per heavy atom. The van der Waals surface area contributed by atoms with E-state index in [2.05, 4.69) is 44.9 Å². The zero-order valence-corrected chi connectivity index (χ0v) is 9.90. The lowest BCUT2D eigenvalue weighted by atomic mass is 10.2. The fourth-order valence-corrected chi connectivity index (χ4v) is 1.44. The van der Waals surface area contributed by atoms with E-state index in [0.717, 1.165) is 19.5 Å². The number of H-pyrrole nitrogens is 1. The van der Waals surface area contributed by atoms with E-state index >= 15 is 0 Å². The van der Waals surface area contributed by atoms with Crippen LogP contribution < -0.4 is 10.6 Å². The summed E-state index contributed by atoms with van der Waals surface area (Å²) in [7, 11) is 0. The molecule has 0 spiro atoms. The van der Waals surface area contributed by atoms with Gasteiger partial charge in [0.25, 0.3) is 0 Å². The van der Waals surface area contributed by atoms with Crippen molar-refractivity contribution in [3.05, 3.63) is 35.9 Å². The highest BCUT2D eigenvalue weighted by molar-refractivity contribution is 5.34. The molecule has 2 aromatic rings. The Hall–Kier alpha value is -2.04. The van der Waals surface area contributed by atoms with Gasteiger partial charge in [-0.2, -0.15) is 4.98 Å². The number of hydrogen-bond donors (Lipinski definition) is 3. The number of nitrogens with one attached hydrogen (secondary N) is 3. The van der Waals surface area contributed by atoms with Gasteiger partial charge in [-0.3, -0.25) is 0 Å².